The number of likely N-dealkylation sites (N-methyl/N-ethyl adjacent to an activating group) is 1. The van der Waals surface area contributed by atoms with Gasteiger partial charge in [0.15, 0.2) is 0 Å². The summed E-state index contributed by atoms with van der Waals surface area (Å²) in [5.74, 6) is -1.57. The van der Waals surface area contributed by atoms with E-state index in [1.807, 2.05) is 26.0 Å². The molecule has 2 aromatic carbocycles. The molecule has 0 aliphatic carbocycles. The maximum absolute atomic E-state index is 13.6. The number of rotatable bonds is 6. The lowest BCUT2D eigenvalue weighted by Gasteiger charge is -2.26. The van der Waals surface area contributed by atoms with Gasteiger partial charge in [0.2, 0.25) is 11.8 Å². The van der Waals surface area contributed by atoms with E-state index in [2.05, 4.69) is 5.10 Å². The third-order valence-corrected chi connectivity index (χ3v) is 5.31. The molecule has 0 saturated heterocycles. The van der Waals surface area contributed by atoms with Crippen molar-refractivity contribution >= 4 is 23.4 Å². The zero-order valence-electron chi connectivity index (χ0n) is 16.9. The van der Waals surface area contributed by atoms with Crippen LogP contribution in [0, 0.1) is 19.7 Å². The zero-order chi connectivity index (χ0) is 22.0. The number of amides is 2. The summed E-state index contributed by atoms with van der Waals surface area (Å²) in [5.41, 5.74) is 8.92. The number of benzene rings is 2. The van der Waals surface area contributed by atoms with Crippen molar-refractivity contribution in [2.24, 2.45) is 5.73 Å². The van der Waals surface area contributed by atoms with Gasteiger partial charge in [0, 0.05) is 23.3 Å². The Balaban J connectivity index is 1.87. The normalized spacial score (nSPS) is 11.9. The Hall–Kier alpha value is -3.19. The minimum Gasteiger partial charge on any atom is -0.368 e. The molecule has 0 bridgehead atoms. The Morgan fingerprint density at radius 3 is 2.47 bits per heavy atom. The quantitative estimate of drug-likeness (QED) is 0.652. The molecule has 3 rings (SSSR count). The van der Waals surface area contributed by atoms with Crippen LogP contribution in [0.25, 0.3) is 5.69 Å². The minimum atomic E-state index is -1.07. The van der Waals surface area contributed by atoms with Crippen molar-refractivity contribution in [3.63, 3.8) is 0 Å². The molecule has 2 amide bonds. The van der Waals surface area contributed by atoms with Gasteiger partial charge in [-0.25, -0.2) is 9.07 Å². The van der Waals surface area contributed by atoms with Crippen molar-refractivity contribution in [3.8, 4) is 5.69 Å². The Bertz CT molecular complexity index is 1100. The molecule has 1 aromatic heterocycles. The molecule has 0 fully saturated rings. The van der Waals surface area contributed by atoms with Crippen LogP contribution in [0.4, 0.5) is 4.39 Å². The fourth-order valence-electron chi connectivity index (χ4n) is 3.44. The lowest BCUT2D eigenvalue weighted by Crippen LogP contribution is -2.40. The van der Waals surface area contributed by atoms with Crippen molar-refractivity contribution in [2.45, 2.75) is 26.3 Å². The summed E-state index contributed by atoms with van der Waals surface area (Å²) in [6.07, 6.45) is 0.0286. The molecule has 3 aromatic rings. The number of nitrogens with two attached hydrogens (primary N) is 1. The highest BCUT2D eigenvalue weighted by Crippen LogP contribution is 2.24. The van der Waals surface area contributed by atoms with Crippen molar-refractivity contribution in [1.29, 1.82) is 0 Å². The molecule has 0 aliphatic heterocycles. The van der Waals surface area contributed by atoms with E-state index in [-0.39, 0.29) is 12.3 Å². The summed E-state index contributed by atoms with van der Waals surface area (Å²) >= 11 is 5.95. The monoisotopic (exact) mass is 428 g/mol. The second-order valence-electron chi connectivity index (χ2n) is 7.08. The number of aryl methyl sites for hydroxylation is 1. The minimum absolute atomic E-state index is 0.0286. The van der Waals surface area contributed by atoms with E-state index in [1.54, 1.807) is 22.9 Å². The van der Waals surface area contributed by atoms with Crippen LogP contribution < -0.4 is 5.73 Å². The van der Waals surface area contributed by atoms with Crippen molar-refractivity contribution in [2.75, 3.05) is 7.05 Å². The van der Waals surface area contributed by atoms with Gasteiger partial charge >= 0.3 is 0 Å². The molecule has 1 unspecified atom stereocenters. The third-order valence-electron chi connectivity index (χ3n) is 5.05. The number of hydrogen-bond donors (Lipinski definition) is 1. The van der Waals surface area contributed by atoms with E-state index in [1.165, 1.54) is 30.1 Å². The Labute approximate surface area is 179 Å². The summed E-state index contributed by atoms with van der Waals surface area (Å²) in [6, 6.07) is 11.7. The SMILES string of the molecule is Cc1nn(-c2ccc(Cl)cc2)c(C)c1CC(=O)N(C)C(C(N)=O)c1cccc(F)c1. The average molecular weight is 429 g/mol. The van der Waals surface area contributed by atoms with Gasteiger partial charge in [-0.3, -0.25) is 9.59 Å². The molecule has 0 saturated carbocycles. The summed E-state index contributed by atoms with van der Waals surface area (Å²) < 4.78 is 15.4. The molecule has 156 valence electrons. The van der Waals surface area contributed by atoms with Crippen LogP contribution in [-0.2, 0) is 16.0 Å². The van der Waals surface area contributed by atoms with E-state index in [0.29, 0.717) is 16.3 Å². The van der Waals surface area contributed by atoms with Gasteiger partial charge in [-0.2, -0.15) is 5.10 Å². The Morgan fingerprint density at radius 1 is 1.20 bits per heavy atom. The smallest absolute Gasteiger partial charge is 0.244 e. The zero-order valence-corrected chi connectivity index (χ0v) is 17.7. The second-order valence-corrected chi connectivity index (χ2v) is 7.52. The van der Waals surface area contributed by atoms with Gasteiger partial charge in [-0.1, -0.05) is 23.7 Å². The molecule has 30 heavy (non-hydrogen) atoms. The fraction of sp³-hybridized carbons (Fsp3) is 0.227. The van der Waals surface area contributed by atoms with Crippen LogP contribution in [0.1, 0.15) is 28.6 Å². The van der Waals surface area contributed by atoms with Crippen LogP contribution in [0.2, 0.25) is 5.02 Å². The lowest BCUT2D eigenvalue weighted by molar-refractivity contribution is -0.137. The summed E-state index contributed by atoms with van der Waals surface area (Å²) in [5, 5.41) is 5.15. The molecule has 0 aliphatic rings. The first kappa shape index (κ1) is 21.5. The van der Waals surface area contributed by atoms with Crippen LogP contribution in [0.15, 0.2) is 48.5 Å². The predicted molar refractivity (Wildman–Crippen MR) is 113 cm³/mol. The molecule has 0 radical (unpaired) electrons. The Morgan fingerprint density at radius 2 is 1.87 bits per heavy atom. The predicted octanol–water partition coefficient (Wildman–Crippen LogP) is 3.51. The van der Waals surface area contributed by atoms with Crippen LogP contribution in [0.5, 0.6) is 0 Å². The van der Waals surface area contributed by atoms with Crippen molar-refractivity contribution in [1.82, 2.24) is 14.7 Å². The van der Waals surface area contributed by atoms with Gasteiger partial charge < -0.3 is 10.6 Å². The number of halogens is 2. The van der Waals surface area contributed by atoms with Gasteiger partial charge in [0.25, 0.3) is 0 Å². The van der Waals surface area contributed by atoms with E-state index in [0.717, 1.165) is 16.9 Å². The van der Waals surface area contributed by atoms with Crippen LogP contribution in [-0.4, -0.2) is 33.5 Å². The molecule has 6 nitrogen and oxygen atoms in total. The maximum Gasteiger partial charge on any atom is 0.244 e. The van der Waals surface area contributed by atoms with Gasteiger partial charge in [0.05, 0.1) is 17.8 Å². The van der Waals surface area contributed by atoms with E-state index in [4.69, 9.17) is 17.3 Å². The fourth-order valence-corrected chi connectivity index (χ4v) is 3.57. The number of carbonyl (C=O) groups is 2. The maximum atomic E-state index is 13.6. The highest BCUT2D eigenvalue weighted by Gasteiger charge is 2.28. The summed E-state index contributed by atoms with van der Waals surface area (Å²) in [7, 11) is 1.48. The number of aromatic nitrogens is 2. The van der Waals surface area contributed by atoms with Crippen LogP contribution in [0.3, 0.4) is 0 Å². The highest BCUT2D eigenvalue weighted by atomic mass is 35.5. The highest BCUT2D eigenvalue weighted by molar-refractivity contribution is 6.30. The van der Waals surface area contributed by atoms with Crippen molar-refractivity contribution in [3.05, 3.63) is 81.9 Å². The van der Waals surface area contributed by atoms with E-state index >= 15 is 0 Å². The largest absolute Gasteiger partial charge is 0.368 e. The number of carbonyl (C=O) groups excluding carboxylic acids is 2. The summed E-state index contributed by atoms with van der Waals surface area (Å²) in [4.78, 5) is 26.3. The first-order chi connectivity index (χ1) is 14.2. The van der Waals surface area contributed by atoms with Crippen LogP contribution >= 0.6 is 11.6 Å². The first-order valence-electron chi connectivity index (χ1n) is 9.30. The number of primary amides is 1. The van der Waals surface area contributed by atoms with Gasteiger partial charge in [-0.05, 0) is 55.8 Å². The third kappa shape index (κ3) is 4.36. The molecule has 2 N–H and O–H groups in total. The van der Waals surface area contributed by atoms with E-state index in [9.17, 15) is 14.0 Å². The lowest BCUT2D eigenvalue weighted by atomic mass is 10.0. The molecular weight excluding hydrogens is 407 g/mol. The Kier molecular flexibility index (Phi) is 6.22. The van der Waals surface area contributed by atoms with Gasteiger partial charge in [0.1, 0.15) is 11.9 Å². The van der Waals surface area contributed by atoms with Gasteiger partial charge in [-0.15, -0.1) is 0 Å². The standard InChI is InChI=1S/C22H22ClFN4O2/c1-13-19(14(2)28(26-13)18-9-7-16(23)8-10-18)12-20(29)27(3)21(22(25)30)15-5-4-6-17(24)11-15/h4-11,21H,12H2,1-3H3,(H2,25,30). The second kappa shape index (κ2) is 8.67. The molecular formula is C22H22ClFN4O2. The first-order valence-corrected chi connectivity index (χ1v) is 9.68. The summed E-state index contributed by atoms with van der Waals surface area (Å²) in [6.45, 7) is 3.69. The number of nitrogens with zero attached hydrogens (tertiary/aromatic N) is 3. The van der Waals surface area contributed by atoms with Crippen molar-refractivity contribution < 1.29 is 14.0 Å². The molecule has 1 heterocycles. The molecule has 8 heteroatoms. The molecule has 1 atom stereocenters. The average Bonchev–Trinajstić information content (AvgIpc) is 2.96. The number of hydrogen-bond acceptors (Lipinski definition) is 3. The molecule has 0 spiro atoms. The van der Waals surface area contributed by atoms with E-state index < -0.39 is 17.8 Å². The topological polar surface area (TPSA) is 81.2 Å².